The minimum Gasteiger partial charge on any atom is -0.275 e. The maximum Gasteiger partial charge on any atom is 0.151 e. The summed E-state index contributed by atoms with van der Waals surface area (Å²) >= 11 is 0. The second kappa shape index (κ2) is 5.40. The van der Waals surface area contributed by atoms with Crippen molar-refractivity contribution < 1.29 is 8.78 Å². The lowest BCUT2D eigenvalue weighted by molar-refractivity contribution is 0.585. The molecule has 0 amide bonds. The van der Waals surface area contributed by atoms with Gasteiger partial charge in [-0.25, -0.2) is 8.78 Å². The standard InChI is InChI=1S/C14H12F2N2/c1-10(11-5-3-2-4-6-11)17-18-14-8-7-12(15)9-13(14)16/h2-9,18H,1H3. The summed E-state index contributed by atoms with van der Waals surface area (Å²) in [4.78, 5) is 0. The highest BCUT2D eigenvalue weighted by Crippen LogP contribution is 2.15. The number of nitrogens with one attached hydrogen (secondary N) is 1. The molecule has 2 aromatic carbocycles. The number of benzene rings is 2. The van der Waals surface area contributed by atoms with E-state index >= 15 is 0 Å². The van der Waals surface area contributed by atoms with Crippen molar-refractivity contribution in [3.8, 4) is 0 Å². The summed E-state index contributed by atoms with van der Waals surface area (Å²) in [5.41, 5.74) is 4.39. The normalized spacial score (nSPS) is 11.4. The monoisotopic (exact) mass is 246 g/mol. The Morgan fingerprint density at radius 1 is 1.06 bits per heavy atom. The largest absolute Gasteiger partial charge is 0.275 e. The van der Waals surface area contributed by atoms with Crippen LogP contribution in [-0.2, 0) is 0 Å². The molecule has 0 unspecified atom stereocenters. The maximum atomic E-state index is 13.3. The molecule has 0 saturated heterocycles. The van der Waals surface area contributed by atoms with E-state index in [4.69, 9.17) is 0 Å². The van der Waals surface area contributed by atoms with Crippen LogP contribution in [0.3, 0.4) is 0 Å². The molecule has 2 rings (SSSR count). The fraction of sp³-hybridized carbons (Fsp3) is 0.0714. The molecule has 0 bridgehead atoms. The zero-order valence-corrected chi connectivity index (χ0v) is 9.82. The Hall–Kier alpha value is -2.23. The van der Waals surface area contributed by atoms with Crippen LogP contribution in [0.2, 0.25) is 0 Å². The first kappa shape index (κ1) is 12.2. The van der Waals surface area contributed by atoms with Crippen molar-refractivity contribution in [2.45, 2.75) is 6.92 Å². The Labute approximate surface area is 104 Å². The van der Waals surface area contributed by atoms with Crippen molar-refractivity contribution >= 4 is 11.4 Å². The molecule has 2 nitrogen and oxygen atoms in total. The molecule has 92 valence electrons. The summed E-state index contributed by atoms with van der Waals surface area (Å²) in [6.45, 7) is 1.81. The predicted octanol–water partition coefficient (Wildman–Crippen LogP) is 3.80. The first-order valence-corrected chi connectivity index (χ1v) is 5.47. The van der Waals surface area contributed by atoms with E-state index in [1.54, 1.807) is 0 Å². The van der Waals surface area contributed by atoms with E-state index in [0.29, 0.717) is 0 Å². The Morgan fingerprint density at radius 2 is 1.78 bits per heavy atom. The van der Waals surface area contributed by atoms with Crippen LogP contribution in [-0.4, -0.2) is 5.71 Å². The highest BCUT2D eigenvalue weighted by molar-refractivity contribution is 5.99. The third-order valence-electron chi connectivity index (χ3n) is 2.47. The number of anilines is 1. The molecule has 2 aromatic rings. The molecule has 18 heavy (non-hydrogen) atoms. The zero-order chi connectivity index (χ0) is 13.0. The van der Waals surface area contributed by atoms with Crippen molar-refractivity contribution in [3.05, 3.63) is 65.7 Å². The Kier molecular flexibility index (Phi) is 3.67. The van der Waals surface area contributed by atoms with Gasteiger partial charge in [-0.05, 0) is 24.6 Å². The van der Waals surface area contributed by atoms with Crippen molar-refractivity contribution in [2.24, 2.45) is 5.10 Å². The van der Waals surface area contributed by atoms with Crippen LogP contribution in [0.15, 0.2) is 53.6 Å². The molecule has 4 heteroatoms. The lowest BCUT2D eigenvalue weighted by Crippen LogP contribution is -2.00. The van der Waals surface area contributed by atoms with E-state index in [9.17, 15) is 8.78 Å². The average Bonchev–Trinajstić information content (AvgIpc) is 2.38. The fourth-order valence-corrected chi connectivity index (χ4v) is 1.47. The van der Waals surface area contributed by atoms with E-state index in [0.717, 1.165) is 17.3 Å². The highest BCUT2D eigenvalue weighted by Gasteiger charge is 2.02. The van der Waals surface area contributed by atoms with Gasteiger partial charge in [0.2, 0.25) is 0 Å². The predicted molar refractivity (Wildman–Crippen MR) is 68.6 cm³/mol. The minimum absolute atomic E-state index is 0.145. The molecule has 0 aliphatic heterocycles. The van der Waals surface area contributed by atoms with Crippen LogP contribution in [0.25, 0.3) is 0 Å². The molecular formula is C14H12F2N2. The molecule has 0 atom stereocenters. The van der Waals surface area contributed by atoms with Crippen LogP contribution in [0, 0.1) is 11.6 Å². The van der Waals surface area contributed by atoms with Crippen molar-refractivity contribution in [1.82, 2.24) is 0 Å². The quantitative estimate of drug-likeness (QED) is 0.646. The van der Waals surface area contributed by atoms with Crippen molar-refractivity contribution in [1.29, 1.82) is 0 Å². The lowest BCUT2D eigenvalue weighted by atomic mass is 10.1. The van der Waals surface area contributed by atoms with Crippen LogP contribution in [0.1, 0.15) is 12.5 Å². The summed E-state index contributed by atoms with van der Waals surface area (Å²) in [5, 5.41) is 4.06. The zero-order valence-electron chi connectivity index (χ0n) is 9.82. The van der Waals surface area contributed by atoms with Crippen LogP contribution in [0.4, 0.5) is 14.5 Å². The van der Waals surface area contributed by atoms with E-state index in [-0.39, 0.29) is 5.69 Å². The second-order valence-electron chi connectivity index (χ2n) is 3.80. The third-order valence-corrected chi connectivity index (χ3v) is 2.47. The maximum absolute atomic E-state index is 13.3. The molecule has 0 heterocycles. The summed E-state index contributed by atoms with van der Waals surface area (Å²) < 4.78 is 26.0. The average molecular weight is 246 g/mol. The summed E-state index contributed by atoms with van der Waals surface area (Å²) in [5.74, 6) is -1.28. The Morgan fingerprint density at radius 3 is 2.44 bits per heavy atom. The third kappa shape index (κ3) is 2.91. The molecule has 0 fully saturated rings. The first-order chi connectivity index (χ1) is 8.66. The van der Waals surface area contributed by atoms with Gasteiger partial charge in [0.25, 0.3) is 0 Å². The van der Waals surface area contributed by atoms with Gasteiger partial charge in [-0.1, -0.05) is 30.3 Å². The summed E-state index contributed by atoms with van der Waals surface area (Å²) in [7, 11) is 0. The molecule has 0 aliphatic carbocycles. The van der Waals surface area contributed by atoms with Crippen molar-refractivity contribution in [3.63, 3.8) is 0 Å². The van der Waals surface area contributed by atoms with Crippen LogP contribution < -0.4 is 5.43 Å². The second-order valence-corrected chi connectivity index (χ2v) is 3.80. The van der Waals surface area contributed by atoms with E-state index in [1.165, 1.54) is 12.1 Å². The molecular weight excluding hydrogens is 234 g/mol. The fourth-order valence-electron chi connectivity index (χ4n) is 1.47. The van der Waals surface area contributed by atoms with Gasteiger partial charge in [-0.3, -0.25) is 5.43 Å². The molecule has 0 aliphatic rings. The smallest absolute Gasteiger partial charge is 0.151 e. The molecule has 0 radical (unpaired) electrons. The van der Waals surface area contributed by atoms with Crippen LogP contribution in [0.5, 0.6) is 0 Å². The molecule has 1 N–H and O–H groups in total. The summed E-state index contributed by atoms with van der Waals surface area (Å²) in [6.07, 6.45) is 0. The lowest BCUT2D eigenvalue weighted by Gasteiger charge is -2.04. The number of halogens is 2. The van der Waals surface area contributed by atoms with Crippen molar-refractivity contribution in [2.75, 3.05) is 5.43 Å². The SMILES string of the molecule is CC(=NNc1ccc(F)cc1F)c1ccccc1. The van der Waals surface area contributed by atoms with Gasteiger partial charge in [-0.15, -0.1) is 0 Å². The minimum atomic E-state index is -0.667. The Bertz CT molecular complexity index is 565. The molecule has 0 spiro atoms. The van der Waals surface area contributed by atoms with Gasteiger partial charge in [0.05, 0.1) is 11.4 Å². The Balaban J connectivity index is 2.15. The van der Waals surface area contributed by atoms with Gasteiger partial charge in [0.15, 0.2) is 5.82 Å². The molecule has 0 aromatic heterocycles. The van der Waals surface area contributed by atoms with Gasteiger partial charge in [-0.2, -0.15) is 5.10 Å². The number of hydrogen-bond donors (Lipinski definition) is 1. The van der Waals surface area contributed by atoms with E-state index in [2.05, 4.69) is 10.5 Å². The highest BCUT2D eigenvalue weighted by atomic mass is 19.1. The van der Waals surface area contributed by atoms with Crippen LogP contribution >= 0.6 is 0 Å². The van der Waals surface area contributed by atoms with Gasteiger partial charge < -0.3 is 0 Å². The number of nitrogens with zero attached hydrogens (tertiary/aromatic N) is 1. The number of hydrogen-bond acceptors (Lipinski definition) is 2. The number of rotatable bonds is 3. The molecule has 0 saturated carbocycles. The van der Waals surface area contributed by atoms with E-state index < -0.39 is 11.6 Å². The van der Waals surface area contributed by atoms with Gasteiger partial charge in [0.1, 0.15) is 5.82 Å². The summed E-state index contributed by atoms with van der Waals surface area (Å²) in [6, 6.07) is 12.8. The topological polar surface area (TPSA) is 24.4 Å². The number of hydrazone groups is 1. The van der Waals surface area contributed by atoms with Gasteiger partial charge >= 0.3 is 0 Å². The van der Waals surface area contributed by atoms with E-state index in [1.807, 2.05) is 37.3 Å². The van der Waals surface area contributed by atoms with Gasteiger partial charge in [0, 0.05) is 6.07 Å². The first-order valence-electron chi connectivity index (χ1n) is 5.47.